The summed E-state index contributed by atoms with van der Waals surface area (Å²) in [5.74, 6) is 0.377. The Labute approximate surface area is 159 Å². The highest BCUT2D eigenvalue weighted by Gasteiger charge is 2.38. The van der Waals surface area contributed by atoms with Crippen molar-refractivity contribution in [2.24, 2.45) is 20.3 Å². The number of amides is 1. The molecule has 0 fully saturated rings. The quantitative estimate of drug-likeness (QED) is 0.712. The third kappa shape index (κ3) is 4.57. The number of anilines is 1. The predicted octanol–water partition coefficient (Wildman–Crippen LogP) is 3.13. The normalized spacial score (nSPS) is 18.4. The summed E-state index contributed by atoms with van der Waals surface area (Å²) in [5, 5.41) is 13.0. The number of amidine groups is 1. The fourth-order valence-electron chi connectivity index (χ4n) is 3.15. The predicted molar refractivity (Wildman–Crippen MR) is 105 cm³/mol. The molecule has 1 aromatic carbocycles. The number of unbranched alkanes of at least 4 members (excludes halogenated alkanes) is 2. The molecule has 0 aliphatic carbocycles. The van der Waals surface area contributed by atoms with Crippen LogP contribution >= 0.6 is 0 Å². The molecule has 1 N–H and O–H groups in total. The minimum Gasteiger partial charge on any atom is -0.385 e. The fraction of sp³-hybridized carbons (Fsp3) is 0.526. The number of carbonyl (C=O) groups is 1. The van der Waals surface area contributed by atoms with E-state index in [9.17, 15) is 4.79 Å². The molecule has 0 radical (unpaired) electrons. The Bertz CT molecular complexity index is 786. The van der Waals surface area contributed by atoms with Crippen LogP contribution in [0.15, 0.2) is 38.5 Å². The lowest BCUT2D eigenvalue weighted by molar-refractivity contribution is -0.120. The van der Waals surface area contributed by atoms with Gasteiger partial charge in [-0.05, 0) is 55.9 Å². The Morgan fingerprint density at radius 1 is 1.22 bits per heavy atom. The van der Waals surface area contributed by atoms with Crippen molar-refractivity contribution in [2.45, 2.75) is 45.6 Å². The van der Waals surface area contributed by atoms with Crippen LogP contribution in [-0.2, 0) is 16.0 Å². The molecule has 2 aliphatic heterocycles. The molecule has 1 aromatic rings. The number of ether oxygens (including phenoxy) is 1. The van der Waals surface area contributed by atoms with Crippen LogP contribution in [-0.4, -0.2) is 49.0 Å². The van der Waals surface area contributed by atoms with Crippen molar-refractivity contribution in [3.05, 3.63) is 29.3 Å². The van der Waals surface area contributed by atoms with Crippen molar-refractivity contribution in [1.82, 2.24) is 5.01 Å². The molecule has 1 unspecified atom stereocenters. The number of carbonyl (C=O) groups excluding carboxylic acids is 1. The lowest BCUT2D eigenvalue weighted by Gasteiger charge is -2.21. The zero-order valence-electron chi connectivity index (χ0n) is 16.1. The number of nitrogens with zero attached hydrogens (tertiary/aromatic N) is 5. The van der Waals surface area contributed by atoms with Crippen LogP contribution in [0.4, 0.5) is 5.69 Å². The molecule has 2 heterocycles. The second-order valence-corrected chi connectivity index (χ2v) is 6.67. The van der Waals surface area contributed by atoms with Gasteiger partial charge in [-0.1, -0.05) is 18.2 Å². The van der Waals surface area contributed by atoms with Gasteiger partial charge in [0.15, 0.2) is 11.9 Å². The number of benzene rings is 1. The summed E-state index contributed by atoms with van der Waals surface area (Å²) in [5.41, 5.74) is 3.34. The first kappa shape index (κ1) is 19.2. The van der Waals surface area contributed by atoms with Crippen LogP contribution in [0.1, 0.15) is 37.3 Å². The molecule has 1 atom stereocenters. The summed E-state index contributed by atoms with van der Waals surface area (Å²) in [6, 6.07) is 5.46. The van der Waals surface area contributed by atoms with Crippen molar-refractivity contribution in [3.8, 4) is 0 Å². The summed E-state index contributed by atoms with van der Waals surface area (Å²) >= 11 is 0. The second-order valence-electron chi connectivity index (χ2n) is 6.67. The number of methoxy groups -OCH3 is 1. The van der Waals surface area contributed by atoms with Gasteiger partial charge < -0.3 is 10.1 Å². The second kappa shape index (κ2) is 8.85. The van der Waals surface area contributed by atoms with Gasteiger partial charge in [-0.2, -0.15) is 9.98 Å². The number of rotatable bonds is 8. The van der Waals surface area contributed by atoms with Crippen molar-refractivity contribution >= 4 is 23.4 Å². The Kier molecular flexibility index (Phi) is 6.28. The molecule has 27 heavy (non-hydrogen) atoms. The van der Waals surface area contributed by atoms with E-state index in [2.05, 4.69) is 45.6 Å². The van der Waals surface area contributed by atoms with E-state index < -0.39 is 6.04 Å². The summed E-state index contributed by atoms with van der Waals surface area (Å²) in [4.78, 5) is 21.0. The fourth-order valence-corrected chi connectivity index (χ4v) is 3.15. The number of aliphatic imine (C=N–C) groups is 2. The molecule has 8 heteroatoms. The third-order valence-corrected chi connectivity index (χ3v) is 4.70. The molecular formula is C19H26N6O2. The molecule has 0 bridgehead atoms. The van der Waals surface area contributed by atoms with Crippen molar-refractivity contribution in [1.29, 1.82) is 0 Å². The largest absolute Gasteiger partial charge is 0.385 e. The number of hydrogen-bond donors (Lipinski definition) is 1. The lowest BCUT2D eigenvalue weighted by atomic mass is 10.1. The highest BCUT2D eigenvalue weighted by atomic mass is 16.5. The Balaban J connectivity index is 1.62. The van der Waals surface area contributed by atoms with Crippen molar-refractivity contribution in [2.75, 3.05) is 25.6 Å². The maximum Gasteiger partial charge on any atom is 0.281 e. The zero-order valence-corrected chi connectivity index (χ0v) is 16.1. The van der Waals surface area contributed by atoms with Gasteiger partial charge >= 0.3 is 0 Å². The summed E-state index contributed by atoms with van der Waals surface area (Å²) in [7, 11) is 1.70. The summed E-state index contributed by atoms with van der Waals surface area (Å²) < 4.78 is 5.04. The van der Waals surface area contributed by atoms with Gasteiger partial charge in [0.25, 0.3) is 5.91 Å². The zero-order chi connectivity index (χ0) is 19.2. The molecule has 144 valence electrons. The van der Waals surface area contributed by atoms with E-state index >= 15 is 0 Å². The molecule has 1 amide bonds. The number of nitrogens with one attached hydrogen (secondary N) is 1. The van der Waals surface area contributed by atoms with Gasteiger partial charge in [-0.25, -0.2) is 0 Å². The van der Waals surface area contributed by atoms with Crippen LogP contribution < -0.4 is 5.32 Å². The molecule has 0 spiro atoms. The first-order chi connectivity index (χ1) is 13.1. The topological polar surface area (TPSA) is 91.0 Å². The van der Waals surface area contributed by atoms with E-state index in [4.69, 9.17) is 4.74 Å². The average Bonchev–Trinajstić information content (AvgIpc) is 3.06. The monoisotopic (exact) mass is 370 g/mol. The van der Waals surface area contributed by atoms with Gasteiger partial charge in [0.1, 0.15) is 0 Å². The minimum atomic E-state index is -0.595. The smallest absolute Gasteiger partial charge is 0.281 e. The molecule has 3 rings (SSSR count). The van der Waals surface area contributed by atoms with Crippen LogP contribution in [0, 0.1) is 6.92 Å². The molecular weight excluding hydrogens is 344 g/mol. The number of aryl methyl sites for hydroxylation is 2. The maximum absolute atomic E-state index is 12.5. The molecule has 2 aliphatic rings. The van der Waals surface area contributed by atoms with Crippen molar-refractivity contribution < 1.29 is 9.53 Å². The lowest BCUT2D eigenvalue weighted by Crippen LogP contribution is -2.42. The third-order valence-electron chi connectivity index (χ3n) is 4.70. The van der Waals surface area contributed by atoms with Crippen molar-refractivity contribution in [3.63, 3.8) is 0 Å². The van der Waals surface area contributed by atoms with E-state index in [1.807, 2.05) is 12.1 Å². The number of guanidine groups is 1. The van der Waals surface area contributed by atoms with Gasteiger partial charge in [-0.15, -0.1) is 5.11 Å². The first-order valence-corrected chi connectivity index (χ1v) is 9.37. The van der Waals surface area contributed by atoms with Gasteiger partial charge in [0, 0.05) is 25.9 Å². The van der Waals surface area contributed by atoms with E-state index in [1.165, 1.54) is 11.1 Å². The average molecular weight is 370 g/mol. The summed E-state index contributed by atoms with van der Waals surface area (Å²) in [6.07, 6.45) is 3.86. The van der Waals surface area contributed by atoms with Gasteiger partial charge in [0.05, 0.1) is 0 Å². The number of hydrogen-bond acceptors (Lipinski definition) is 7. The van der Waals surface area contributed by atoms with Gasteiger partial charge in [-0.3, -0.25) is 9.80 Å². The van der Waals surface area contributed by atoms with Gasteiger partial charge in [0.2, 0.25) is 5.96 Å². The molecule has 0 saturated carbocycles. The highest BCUT2D eigenvalue weighted by Crippen LogP contribution is 2.21. The van der Waals surface area contributed by atoms with Crippen LogP contribution in [0.25, 0.3) is 0 Å². The van der Waals surface area contributed by atoms with E-state index in [0.29, 0.717) is 12.4 Å². The SMILES string of the molecule is CCc1cc(NC2=NC(=O)C3C(=N2)N=NN3CCCCCOC)ccc1C. The minimum absolute atomic E-state index is 0.262. The van der Waals surface area contributed by atoms with E-state index in [0.717, 1.165) is 38.0 Å². The standard InChI is InChI=1S/C19H26N6O2/c1-4-14-12-15(9-8-13(14)2)20-19-21-17-16(18(26)22-19)25(24-23-17)10-6-5-7-11-27-3/h8-9,12,16H,4-7,10-11H2,1-3H3,(H,20,22,26). The van der Waals surface area contributed by atoms with Crippen LogP contribution in [0.2, 0.25) is 0 Å². The molecule has 8 nitrogen and oxygen atoms in total. The molecule has 0 aromatic heterocycles. The Morgan fingerprint density at radius 2 is 2.07 bits per heavy atom. The maximum atomic E-state index is 12.5. The number of fused-ring (bicyclic) bond motifs is 1. The molecule has 0 saturated heterocycles. The first-order valence-electron chi connectivity index (χ1n) is 9.37. The van der Waals surface area contributed by atoms with Crippen LogP contribution in [0.3, 0.4) is 0 Å². The highest BCUT2D eigenvalue weighted by molar-refractivity contribution is 6.20. The Hall–Kier alpha value is -2.61. The summed E-state index contributed by atoms with van der Waals surface area (Å²) in [6.45, 7) is 5.59. The van der Waals surface area contributed by atoms with E-state index in [1.54, 1.807) is 12.1 Å². The van der Waals surface area contributed by atoms with Crippen LogP contribution in [0.5, 0.6) is 0 Å². The Morgan fingerprint density at radius 3 is 2.85 bits per heavy atom. The van der Waals surface area contributed by atoms with E-state index in [-0.39, 0.29) is 11.9 Å².